The van der Waals surface area contributed by atoms with Crippen LogP contribution in [0, 0.1) is 6.92 Å². The molecule has 1 aliphatic heterocycles. The fourth-order valence-corrected chi connectivity index (χ4v) is 3.65. The SMILES string of the molecule is CNCc1c(C)nn(C)c1N1CCN(c2nccs2)CC1. The van der Waals surface area contributed by atoms with Crippen LogP contribution in [0.5, 0.6) is 0 Å². The van der Waals surface area contributed by atoms with E-state index in [4.69, 9.17) is 0 Å². The normalized spacial score (nSPS) is 15.8. The van der Waals surface area contributed by atoms with E-state index in [0.29, 0.717) is 0 Å². The minimum atomic E-state index is 0.863. The molecule has 0 aliphatic carbocycles. The largest absolute Gasteiger partial charge is 0.353 e. The summed E-state index contributed by atoms with van der Waals surface area (Å²) in [7, 11) is 4.02. The number of hydrogen-bond acceptors (Lipinski definition) is 6. The van der Waals surface area contributed by atoms with Crippen LogP contribution in [0.15, 0.2) is 11.6 Å². The molecule has 1 aliphatic rings. The first-order valence-corrected chi connectivity index (χ1v) is 8.15. The zero-order valence-corrected chi connectivity index (χ0v) is 13.7. The summed E-state index contributed by atoms with van der Waals surface area (Å²) in [5, 5.41) is 11.0. The summed E-state index contributed by atoms with van der Waals surface area (Å²) in [4.78, 5) is 9.21. The maximum atomic E-state index is 4.58. The van der Waals surface area contributed by atoms with Crippen molar-refractivity contribution in [2.45, 2.75) is 13.5 Å². The van der Waals surface area contributed by atoms with Crippen LogP contribution in [0.2, 0.25) is 0 Å². The molecule has 0 radical (unpaired) electrons. The number of rotatable bonds is 4. The molecule has 2 aromatic heterocycles. The van der Waals surface area contributed by atoms with Crippen molar-refractivity contribution >= 4 is 22.3 Å². The monoisotopic (exact) mass is 306 g/mol. The second kappa shape index (κ2) is 6.03. The molecule has 2 aromatic rings. The van der Waals surface area contributed by atoms with Gasteiger partial charge in [-0.1, -0.05) is 0 Å². The summed E-state index contributed by atoms with van der Waals surface area (Å²) >= 11 is 1.71. The highest BCUT2D eigenvalue weighted by atomic mass is 32.1. The Morgan fingerprint density at radius 2 is 1.95 bits per heavy atom. The Kier molecular flexibility index (Phi) is 4.12. The van der Waals surface area contributed by atoms with Gasteiger partial charge < -0.3 is 15.1 Å². The van der Waals surface area contributed by atoms with E-state index in [1.807, 2.05) is 30.4 Å². The highest BCUT2D eigenvalue weighted by Crippen LogP contribution is 2.26. The summed E-state index contributed by atoms with van der Waals surface area (Å²) in [6.07, 6.45) is 1.88. The second-order valence-corrected chi connectivity index (χ2v) is 6.20. The molecule has 0 saturated carbocycles. The first-order chi connectivity index (χ1) is 10.2. The Bertz CT molecular complexity index is 583. The van der Waals surface area contributed by atoms with E-state index >= 15 is 0 Å². The van der Waals surface area contributed by atoms with E-state index in [-0.39, 0.29) is 0 Å². The summed E-state index contributed by atoms with van der Waals surface area (Å²) in [6.45, 7) is 6.99. The van der Waals surface area contributed by atoms with Crippen LogP contribution < -0.4 is 15.1 Å². The van der Waals surface area contributed by atoms with Crippen LogP contribution in [0.4, 0.5) is 10.9 Å². The highest BCUT2D eigenvalue weighted by molar-refractivity contribution is 7.13. The average Bonchev–Trinajstić information content (AvgIpc) is 3.09. The number of nitrogens with zero attached hydrogens (tertiary/aromatic N) is 5. The van der Waals surface area contributed by atoms with E-state index in [1.54, 1.807) is 11.3 Å². The summed E-state index contributed by atoms with van der Waals surface area (Å²) in [6, 6.07) is 0. The van der Waals surface area contributed by atoms with Crippen LogP contribution in [0.1, 0.15) is 11.3 Å². The zero-order chi connectivity index (χ0) is 14.8. The molecule has 1 fully saturated rings. The van der Waals surface area contributed by atoms with E-state index in [1.165, 1.54) is 11.4 Å². The molecule has 0 aromatic carbocycles. The Morgan fingerprint density at radius 1 is 1.24 bits per heavy atom. The maximum Gasteiger partial charge on any atom is 0.185 e. The van der Waals surface area contributed by atoms with Gasteiger partial charge in [-0.25, -0.2) is 4.98 Å². The van der Waals surface area contributed by atoms with Gasteiger partial charge in [-0.3, -0.25) is 4.68 Å². The quantitative estimate of drug-likeness (QED) is 0.921. The minimum Gasteiger partial charge on any atom is -0.353 e. The third-order valence-electron chi connectivity index (χ3n) is 3.94. The summed E-state index contributed by atoms with van der Waals surface area (Å²) in [5.41, 5.74) is 2.42. The average molecular weight is 306 g/mol. The standard InChI is InChI=1S/C14H22N6S/c1-11-12(10-15-2)13(18(3)17-11)19-5-7-20(8-6-19)14-16-4-9-21-14/h4,9,15H,5-8,10H2,1-3H3. The van der Waals surface area contributed by atoms with Crippen molar-refractivity contribution in [2.24, 2.45) is 7.05 Å². The molecule has 114 valence electrons. The van der Waals surface area contributed by atoms with Gasteiger partial charge in [0.2, 0.25) is 0 Å². The molecule has 7 heteroatoms. The van der Waals surface area contributed by atoms with Gasteiger partial charge in [-0.05, 0) is 14.0 Å². The van der Waals surface area contributed by atoms with Crippen LogP contribution in [-0.2, 0) is 13.6 Å². The van der Waals surface area contributed by atoms with E-state index < -0.39 is 0 Å². The summed E-state index contributed by atoms with van der Waals surface area (Å²) in [5.74, 6) is 1.25. The van der Waals surface area contributed by atoms with Crippen molar-refractivity contribution in [1.82, 2.24) is 20.1 Å². The van der Waals surface area contributed by atoms with Gasteiger partial charge in [0.1, 0.15) is 5.82 Å². The molecular weight excluding hydrogens is 284 g/mol. The van der Waals surface area contributed by atoms with Gasteiger partial charge in [0.25, 0.3) is 0 Å². The topological polar surface area (TPSA) is 49.2 Å². The zero-order valence-electron chi connectivity index (χ0n) is 12.8. The number of anilines is 2. The molecule has 3 heterocycles. The Hall–Kier alpha value is -1.60. The fourth-order valence-electron chi connectivity index (χ4n) is 2.95. The van der Waals surface area contributed by atoms with Crippen molar-refractivity contribution in [3.05, 3.63) is 22.8 Å². The van der Waals surface area contributed by atoms with Crippen molar-refractivity contribution in [1.29, 1.82) is 0 Å². The first-order valence-electron chi connectivity index (χ1n) is 7.27. The van der Waals surface area contributed by atoms with Crippen LogP contribution >= 0.6 is 11.3 Å². The highest BCUT2D eigenvalue weighted by Gasteiger charge is 2.24. The lowest BCUT2D eigenvalue weighted by Crippen LogP contribution is -2.47. The van der Waals surface area contributed by atoms with Crippen molar-refractivity contribution in [2.75, 3.05) is 43.0 Å². The first kappa shape index (κ1) is 14.3. The van der Waals surface area contributed by atoms with Gasteiger partial charge in [-0.2, -0.15) is 5.10 Å². The van der Waals surface area contributed by atoms with Gasteiger partial charge >= 0.3 is 0 Å². The Morgan fingerprint density at radius 3 is 2.57 bits per heavy atom. The van der Waals surface area contributed by atoms with Gasteiger partial charge in [0, 0.05) is 56.9 Å². The third kappa shape index (κ3) is 2.75. The number of hydrogen-bond donors (Lipinski definition) is 1. The number of nitrogens with one attached hydrogen (secondary N) is 1. The van der Waals surface area contributed by atoms with Crippen molar-refractivity contribution in [3.63, 3.8) is 0 Å². The molecule has 3 rings (SSSR count). The predicted molar refractivity (Wildman–Crippen MR) is 87.2 cm³/mol. The van der Waals surface area contributed by atoms with Crippen molar-refractivity contribution in [3.8, 4) is 0 Å². The van der Waals surface area contributed by atoms with Crippen LogP contribution in [0.25, 0.3) is 0 Å². The number of aryl methyl sites for hydroxylation is 2. The smallest absolute Gasteiger partial charge is 0.185 e. The van der Waals surface area contributed by atoms with Gasteiger partial charge in [-0.15, -0.1) is 11.3 Å². The lowest BCUT2D eigenvalue weighted by molar-refractivity contribution is 0.620. The number of aromatic nitrogens is 3. The molecule has 21 heavy (non-hydrogen) atoms. The predicted octanol–water partition coefficient (Wildman–Crippen LogP) is 1.23. The summed E-state index contributed by atoms with van der Waals surface area (Å²) < 4.78 is 2.01. The molecule has 0 atom stereocenters. The second-order valence-electron chi connectivity index (χ2n) is 5.33. The third-order valence-corrected chi connectivity index (χ3v) is 4.77. The van der Waals surface area contributed by atoms with Gasteiger partial charge in [0.15, 0.2) is 5.13 Å². The Labute approximate surface area is 129 Å². The lowest BCUT2D eigenvalue weighted by atomic mass is 10.2. The maximum absolute atomic E-state index is 4.58. The number of piperazine rings is 1. The molecule has 0 spiro atoms. The molecule has 0 unspecified atom stereocenters. The molecule has 0 bridgehead atoms. The molecular formula is C14H22N6S. The van der Waals surface area contributed by atoms with Crippen LogP contribution in [-0.4, -0.2) is 48.0 Å². The number of thiazole rings is 1. The fraction of sp³-hybridized carbons (Fsp3) is 0.571. The minimum absolute atomic E-state index is 0.863. The van der Waals surface area contributed by atoms with Crippen molar-refractivity contribution < 1.29 is 0 Å². The van der Waals surface area contributed by atoms with E-state index in [9.17, 15) is 0 Å². The van der Waals surface area contributed by atoms with E-state index in [2.05, 4.69) is 32.1 Å². The van der Waals surface area contributed by atoms with E-state index in [0.717, 1.165) is 43.5 Å². The molecule has 1 N–H and O–H groups in total. The Balaban J connectivity index is 1.75. The molecule has 6 nitrogen and oxygen atoms in total. The lowest BCUT2D eigenvalue weighted by Gasteiger charge is -2.36. The molecule has 1 saturated heterocycles. The molecule has 0 amide bonds. The van der Waals surface area contributed by atoms with Gasteiger partial charge in [0.05, 0.1) is 5.69 Å². The van der Waals surface area contributed by atoms with Crippen LogP contribution in [0.3, 0.4) is 0 Å².